The minimum absolute atomic E-state index is 0.329. The van der Waals surface area contributed by atoms with Gasteiger partial charge < -0.3 is 14.6 Å². The second kappa shape index (κ2) is 4.99. The number of hydrogen-bond acceptors (Lipinski definition) is 4. The minimum atomic E-state index is -1.14. The van der Waals surface area contributed by atoms with Gasteiger partial charge in [-0.1, -0.05) is 0 Å². The molecule has 1 aromatic heterocycles. The number of hydrogen-bond donors (Lipinski definition) is 1. The van der Waals surface area contributed by atoms with Gasteiger partial charge in [0.15, 0.2) is 5.82 Å². The lowest BCUT2D eigenvalue weighted by atomic mass is 10.4. The molecule has 0 bridgehead atoms. The van der Waals surface area contributed by atoms with Gasteiger partial charge >= 0.3 is 5.97 Å². The maximum atomic E-state index is 11.6. The van der Waals surface area contributed by atoms with E-state index >= 15 is 0 Å². The molecule has 0 spiro atoms. The molecule has 1 N–H and O–H groups in total. The molecule has 1 aromatic rings. The van der Waals surface area contributed by atoms with Crippen molar-refractivity contribution in [3.05, 3.63) is 23.8 Å². The lowest BCUT2D eigenvalue weighted by molar-refractivity contribution is -0.132. The molecule has 96 valence electrons. The van der Waals surface area contributed by atoms with Gasteiger partial charge in [0.2, 0.25) is 5.91 Å². The molecule has 0 radical (unpaired) electrons. The number of aliphatic carboxylic acids is 1. The van der Waals surface area contributed by atoms with E-state index in [1.54, 1.807) is 7.05 Å². The Bertz CT molecular complexity index is 506. The molecule has 1 aliphatic heterocycles. The number of rotatable bonds is 4. The van der Waals surface area contributed by atoms with Crippen LogP contribution in [0.2, 0.25) is 0 Å². The smallest absolute Gasteiger partial charge is 0.328 e. The maximum Gasteiger partial charge on any atom is 0.328 e. The number of amides is 1. The van der Waals surface area contributed by atoms with Crippen LogP contribution in [0.1, 0.15) is 18.1 Å². The molecule has 1 aliphatic rings. The summed E-state index contributed by atoms with van der Waals surface area (Å²) in [5.74, 6) is 0.182. The Kier molecular flexibility index (Phi) is 3.40. The van der Waals surface area contributed by atoms with Crippen molar-refractivity contribution in [2.75, 3.05) is 7.05 Å². The number of carbonyl (C=O) groups excluding carboxylic acids is 1. The number of fused-ring (bicyclic) bond motifs is 1. The van der Waals surface area contributed by atoms with Crippen molar-refractivity contribution < 1.29 is 14.7 Å². The molecule has 0 atom stereocenters. The molecule has 0 aliphatic carbocycles. The standard InChI is InChI=1S/C11H14N4O3/c1-14(10(16)4-5-11(17)18)7-9-13-12-8-3-2-6-15(8)9/h4-5H,2-3,6-7H2,1H3,(H,17,18)/b5-4+. The Hall–Kier alpha value is -2.18. The van der Waals surface area contributed by atoms with Crippen LogP contribution in [0, 0.1) is 0 Å². The lowest BCUT2D eigenvalue weighted by Crippen LogP contribution is -2.26. The topological polar surface area (TPSA) is 88.3 Å². The molecule has 7 heteroatoms. The van der Waals surface area contributed by atoms with Crippen LogP contribution in [0.3, 0.4) is 0 Å². The molecule has 18 heavy (non-hydrogen) atoms. The van der Waals surface area contributed by atoms with Crippen molar-refractivity contribution in [1.29, 1.82) is 0 Å². The second-order valence-electron chi connectivity index (χ2n) is 4.15. The molecular weight excluding hydrogens is 236 g/mol. The van der Waals surface area contributed by atoms with Crippen molar-refractivity contribution in [2.24, 2.45) is 0 Å². The van der Waals surface area contributed by atoms with Crippen LogP contribution in [0.5, 0.6) is 0 Å². The van der Waals surface area contributed by atoms with Gasteiger partial charge in [-0.15, -0.1) is 10.2 Å². The van der Waals surface area contributed by atoms with E-state index in [1.807, 2.05) is 4.57 Å². The summed E-state index contributed by atoms with van der Waals surface area (Å²) in [6, 6.07) is 0. The normalized spacial score (nSPS) is 13.8. The first-order chi connectivity index (χ1) is 8.58. The third-order valence-electron chi connectivity index (χ3n) is 2.81. The summed E-state index contributed by atoms with van der Waals surface area (Å²) < 4.78 is 2.00. The fraction of sp³-hybridized carbons (Fsp3) is 0.455. The van der Waals surface area contributed by atoms with Crippen LogP contribution in [0.25, 0.3) is 0 Å². The SMILES string of the molecule is CN(Cc1nnc2n1CCC2)C(=O)/C=C/C(=O)O. The summed E-state index contributed by atoms with van der Waals surface area (Å²) >= 11 is 0. The van der Waals surface area contributed by atoms with E-state index in [4.69, 9.17) is 5.11 Å². The number of aryl methyl sites for hydroxylation is 1. The second-order valence-corrected chi connectivity index (χ2v) is 4.15. The van der Waals surface area contributed by atoms with Crippen molar-refractivity contribution in [3.63, 3.8) is 0 Å². The van der Waals surface area contributed by atoms with E-state index in [9.17, 15) is 9.59 Å². The zero-order chi connectivity index (χ0) is 13.1. The number of nitrogens with zero attached hydrogens (tertiary/aromatic N) is 4. The number of carbonyl (C=O) groups is 2. The molecule has 7 nitrogen and oxygen atoms in total. The first-order valence-corrected chi connectivity index (χ1v) is 5.65. The Balaban J connectivity index is 2.00. The molecule has 0 saturated carbocycles. The van der Waals surface area contributed by atoms with Gasteiger partial charge in [0.25, 0.3) is 0 Å². The van der Waals surface area contributed by atoms with E-state index < -0.39 is 5.97 Å². The summed E-state index contributed by atoms with van der Waals surface area (Å²) in [6.45, 7) is 1.21. The summed E-state index contributed by atoms with van der Waals surface area (Å²) in [7, 11) is 1.60. The third kappa shape index (κ3) is 2.55. The average Bonchev–Trinajstić information content (AvgIpc) is 2.90. The van der Waals surface area contributed by atoms with Gasteiger partial charge in [-0.3, -0.25) is 4.79 Å². The van der Waals surface area contributed by atoms with Crippen molar-refractivity contribution in [3.8, 4) is 0 Å². The Labute approximate surface area is 104 Å². The highest BCUT2D eigenvalue weighted by molar-refractivity contribution is 5.93. The summed E-state index contributed by atoms with van der Waals surface area (Å²) in [4.78, 5) is 23.3. The van der Waals surface area contributed by atoms with E-state index in [-0.39, 0.29) is 5.91 Å². The monoisotopic (exact) mass is 250 g/mol. The van der Waals surface area contributed by atoms with E-state index in [2.05, 4.69) is 10.2 Å². The highest BCUT2D eigenvalue weighted by Crippen LogP contribution is 2.14. The number of carboxylic acids is 1. The fourth-order valence-corrected chi connectivity index (χ4v) is 1.89. The van der Waals surface area contributed by atoms with Gasteiger partial charge in [-0.25, -0.2) is 4.79 Å². The number of carboxylic acid groups (broad SMARTS) is 1. The van der Waals surface area contributed by atoms with Gasteiger partial charge in [0.1, 0.15) is 5.82 Å². The van der Waals surface area contributed by atoms with Crippen LogP contribution in [0.15, 0.2) is 12.2 Å². The van der Waals surface area contributed by atoms with Crippen molar-refractivity contribution in [2.45, 2.75) is 25.9 Å². The minimum Gasteiger partial charge on any atom is -0.478 e. The van der Waals surface area contributed by atoms with E-state index in [1.165, 1.54) is 4.90 Å². The summed E-state index contributed by atoms with van der Waals surface area (Å²) in [6.07, 6.45) is 3.83. The molecule has 0 saturated heterocycles. The highest BCUT2D eigenvalue weighted by atomic mass is 16.4. The van der Waals surface area contributed by atoms with Crippen molar-refractivity contribution >= 4 is 11.9 Å². The Morgan fingerprint density at radius 2 is 2.22 bits per heavy atom. The third-order valence-corrected chi connectivity index (χ3v) is 2.81. The molecule has 0 unspecified atom stereocenters. The Morgan fingerprint density at radius 1 is 1.44 bits per heavy atom. The van der Waals surface area contributed by atoms with E-state index in [0.29, 0.717) is 6.54 Å². The summed E-state index contributed by atoms with van der Waals surface area (Å²) in [5, 5.41) is 16.5. The largest absolute Gasteiger partial charge is 0.478 e. The zero-order valence-electron chi connectivity index (χ0n) is 10.0. The summed E-state index contributed by atoms with van der Waals surface area (Å²) in [5.41, 5.74) is 0. The van der Waals surface area contributed by atoms with Gasteiger partial charge in [-0.05, 0) is 6.42 Å². The van der Waals surface area contributed by atoms with Crippen LogP contribution in [-0.2, 0) is 29.1 Å². The highest BCUT2D eigenvalue weighted by Gasteiger charge is 2.19. The van der Waals surface area contributed by atoms with Crippen LogP contribution >= 0.6 is 0 Å². The average molecular weight is 250 g/mol. The predicted molar refractivity (Wildman–Crippen MR) is 61.6 cm³/mol. The number of aromatic nitrogens is 3. The quantitative estimate of drug-likeness (QED) is 0.749. The first-order valence-electron chi connectivity index (χ1n) is 5.65. The van der Waals surface area contributed by atoms with E-state index in [0.717, 1.165) is 43.2 Å². The van der Waals surface area contributed by atoms with Gasteiger partial charge in [0.05, 0.1) is 6.54 Å². The van der Waals surface area contributed by atoms with Crippen LogP contribution < -0.4 is 0 Å². The lowest BCUT2D eigenvalue weighted by Gasteiger charge is -2.14. The predicted octanol–water partition coefficient (Wildman–Crippen LogP) is -0.177. The number of likely N-dealkylation sites (N-methyl/N-ethyl adjacent to an activating group) is 1. The van der Waals surface area contributed by atoms with Crippen LogP contribution in [0.4, 0.5) is 0 Å². The molecule has 0 fully saturated rings. The van der Waals surface area contributed by atoms with Gasteiger partial charge in [-0.2, -0.15) is 0 Å². The Morgan fingerprint density at radius 3 is 2.94 bits per heavy atom. The first kappa shape index (κ1) is 12.3. The van der Waals surface area contributed by atoms with Crippen molar-refractivity contribution in [1.82, 2.24) is 19.7 Å². The molecular formula is C11H14N4O3. The zero-order valence-corrected chi connectivity index (χ0v) is 10.0. The van der Waals surface area contributed by atoms with Crippen LogP contribution in [-0.4, -0.2) is 43.7 Å². The maximum absolute atomic E-state index is 11.6. The molecule has 2 heterocycles. The molecule has 2 rings (SSSR count). The molecule has 1 amide bonds. The van der Waals surface area contributed by atoms with Gasteiger partial charge in [0, 0.05) is 32.2 Å². The fourth-order valence-electron chi connectivity index (χ4n) is 1.89. The molecule has 0 aromatic carbocycles.